The van der Waals surface area contributed by atoms with Crippen LogP contribution in [0, 0.1) is 0 Å². The van der Waals surface area contributed by atoms with Gasteiger partial charge in [0, 0.05) is 0 Å². The molecule has 0 spiro atoms. The zero-order chi connectivity index (χ0) is 15.1. The number of anilines is 2. The minimum Gasteiger partial charge on any atom is -0.463 e. The topological polar surface area (TPSA) is 163 Å². The Bertz CT molecular complexity index is 478. The molecule has 0 aromatic carbocycles. The van der Waals surface area contributed by atoms with Crippen molar-refractivity contribution in [1.29, 1.82) is 0 Å². The quantitative estimate of drug-likeness (QED) is 0.494. The molecule has 6 N–H and O–H groups in total. The van der Waals surface area contributed by atoms with Crippen molar-refractivity contribution in [3.8, 4) is 6.01 Å². The molecule has 0 radical (unpaired) electrons. The smallest absolute Gasteiger partial charge is 0.323 e. The molecule has 0 fully saturated rings. The molecule has 1 aromatic rings. The Labute approximate surface area is 115 Å². The van der Waals surface area contributed by atoms with Crippen LogP contribution in [-0.2, 0) is 9.59 Å². The normalized spacial score (nSPS) is 10.1. The highest BCUT2D eigenvalue weighted by molar-refractivity contribution is 5.83. The van der Waals surface area contributed by atoms with Crippen LogP contribution < -0.4 is 26.8 Å². The number of ether oxygens (including phenoxy) is 1. The van der Waals surface area contributed by atoms with Gasteiger partial charge in [0.2, 0.25) is 23.7 Å². The molecule has 0 aliphatic heterocycles. The number of hydrogen-bond acceptors (Lipinski definition) is 8. The number of primary amides is 2. The maximum absolute atomic E-state index is 11.0. The fourth-order valence-corrected chi connectivity index (χ4v) is 1.33. The molecule has 0 bridgehead atoms. The van der Waals surface area contributed by atoms with Crippen LogP contribution in [0.3, 0.4) is 0 Å². The Balaban J connectivity index is 3.01. The van der Waals surface area contributed by atoms with Crippen molar-refractivity contribution in [3.05, 3.63) is 0 Å². The number of aromatic nitrogens is 3. The van der Waals surface area contributed by atoms with Crippen LogP contribution in [0.25, 0.3) is 0 Å². The third-order valence-electron chi connectivity index (χ3n) is 2.03. The first kappa shape index (κ1) is 15.4. The Morgan fingerprint density at radius 1 is 1.15 bits per heavy atom. The summed E-state index contributed by atoms with van der Waals surface area (Å²) in [6, 6.07) is 0.00768. The van der Waals surface area contributed by atoms with Crippen molar-refractivity contribution in [2.75, 3.05) is 30.3 Å². The number of nitrogens with two attached hydrogens (primary N) is 3. The maximum Gasteiger partial charge on any atom is 0.323 e. The van der Waals surface area contributed by atoms with E-state index in [0.29, 0.717) is 6.61 Å². The van der Waals surface area contributed by atoms with Crippen molar-refractivity contribution < 1.29 is 14.3 Å². The average molecular weight is 283 g/mol. The molecule has 0 aliphatic carbocycles. The summed E-state index contributed by atoms with van der Waals surface area (Å²) < 4.78 is 5.24. The summed E-state index contributed by atoms with van der Waals surface area (Å²) in [5, 5.41) is 0. The number of nitrogens with zero attached hydrogens (tertiary/aromatic N) is 4. The van der Waals surface area contributed by atoms with E-state index in [2.05, 4.69) is 15.0 Å². The molecule has 1 rings (SSSR count). The van der Waals surface area contributed by atoms with Crippen molar-refractivity contribution >= 4 is 23.7 Å². The first-order valence-corrected chi connectivity index (χ1v) is 5.88. The molecule has 0 unspecified atom stereocenters. The SMILES string of the molecule is CCCOc1nc(N)nc(N(CC(N)=O)CC(N)=O)n1. The number of carbonyl (C=O) groups excluding carboxylic acids is 2. The average Bonchev–Trinajstić information content (AvgIpc) is 2.33. The Kier molecular flexibility index (Phi) is 5.44. The first-order chi connectivity index (χ1) is 9.42. The molecule has 1 aromatic heterocycles. The van der Waals surface area contributed by atoms with Crippen LogP contribution in [0.2, 0.25) is 0 Å². The molecule has 0 saturated heterocycles. The standard InChI is InChI=1S/C10H17N7O3/c1-2-3-20-10-15-8(13)14-9(16-10)17(4-6(11)18)5-7(12)19/h2-5H2,1H3,(H2,11,18)(H2,12,19)(H2,13,14,15,16). The lowest BCUT2D eigenvalue weighted by atomic mass is 10.4. The zero-order valence-electron chi connectivity index (χ0n) is 11.1. The summed E-state index contributed by atoms with van der Waals surface area (Å²) in [4.78, 5) is 34.8. The monoisotopic (exact) mass is 283 g/mol. The second-order valence-electron chi connectivity index (χ2n) is 3.91. The molecule has 20 heavy (non-hydrogen) atoms. The number of carbonyl (C=O) groups is 2. The van der Waals surface area contributed by atoms with Crippen LogP contribution in [0.15, 0.2) is 0 Å². The van der Waals surface area contributed by atoms with E-state index in [1.807, 2.05) is 6.92 Å². The van der Waals surface area contributed by atoms with Gasteiger partial charge >= 0.3 is 6.01 Å². The summed E-state index contributed by atoms with van der Waals surface area (Å²) in [7, 11) is 0. The van der Waals surface area contributed by atoms with E-state index < -0.39 is 11.8 Å². The number of nitrogen functional groups attached to an aromatic ring is 1. The van der Waals surface area contributed by atoms with Crippen LogP contribution in [0.5, 0.6) is 6.01 Å². The molecule has 110 valence electrons. The van der Waals surface area contributed by atoms with Crippen molar-refractivity contribution in [2.45, 2.75) is 13.3 Å². The van der Waals surface area contributed by atoms with E-state index >= 15 is 0 Å². The fourth-order valence-electron chi connectivity index (χ4n) is 1.33. The minimum absolute atomic E-state index is 0.00111. The predicted molar refractivity (Wildman–Crippen MR) is 70.6 cm³/mol. The van der Waals surface area contributed by atoms with Crippen LogP contribution in [-0.4, -0.2) is 46.5 Å². The van der Waals surface area contributed by atoms with E-state index in [-0.39, 0.29) is 31.0 Å². The van der Waals surface area contributed by atoms with Gasteiger partial charge in [0.05, 0.1) is 6.61 Å². The van der Waals surface area contributed by atoms with Crippen molar-refractivity contribution in [3.63, 3.8) is 0 Å². The van der Waals surface area contributed by atoms with Crippen molar-refractivity contribution in [1.82, 2.24) is 15.0 Å². The van der Waals surface area contributed by atoms with Gasteiger partial charge in [-0.05, 0) is 6.42 Å². The van der Waals surface area contributed by atoms with Gasteiger partial charge in [-0.3, -0.25) is 9.59 Å². The van der Waals surface area contributed by atoms with Gasteiger partial charge in [-0.15, -0.1) is 0 Å². The van der Waals surface area contributed by atoms with Gasteiger partial charge in [0.15, 0.2) is 0 Å². The first-order valence-electron chi connectivity index (χ1n) is 5.88. The summed E-state index contributed by atoms with van der Waals surface area (Å²) in [5.74, 6) is -1.43. The van der Waals surface area contributed by atoms with Crippen molar-refractivity contribution in [2.24, 2.45) is 11.5 Å². The molecule has 1 heterocycles. The van der Waals surface area contributed by atoms with Crippen LogP contribution in [0.1, 0.15) is 13.3 Å². The zero-order valence-corrected chi connectivity index (χ0v) is 11.1. The Hall–Kier alpha value is -2.65. The highest BCUT2D eigenvalue weighted by Gasteiger charge is 2.17. The third-order valence-corrected chi connectivity index (χ3v) is 2.03. The largest absolute Gasteiger partial charge is 0.463 e. The lowest BCUT2D eigenvalue weighted by molar-refractivity contribution is -0.117. The fraction of sp³-hybridized carbons (Fsp3) is 0.500. The second-order valence-corrected chi connectivity index (χ2v) is 3.91. The van der Waals surface area contributed by atoms with Gasteiger partial charge < -0.3 is 26.8 Å². The van der Waals surface area contributed by atoms with Crippen LogP contribution >= 0.6 is 0 Å². The molecule has 0 saturated carbocycles. The molecular weight excluding hydrogens is 266 g/mol. The van der Waals surface area contributed by atoms with E-state index in [1.54, 1.807) is 0 Å². The summed E-state index contributed by atoms with van der Waals surface area (Å²) in [6.45, 7) is 1.76. The summed E-state index contributed by atoms with van der Waals surface area (Å²) >= 11 is 0. The lowest BCUT2D eigenvalue weighted by Crippen LogP contribution is -2.40. The lowest BCUT2D eigenvalue weighted by Gasteiger charge is -2.19. The summed E-state index contributed by atoms with van der Waals surface area (Å²) in [5.41, 5.74) is 15.7. The Morgan fingerprint density at radius 3 is 2.25 bits per heavy atom. The molecule has 0 atom stereocenters. The molecule has 10 heteroatoms. The predicted octanol–water partition coefficient (Wildman–Crippen LogP) is -1.98. The molecular formula is C10H17N7O3. The Morgan fingerprint density at radius 2 is 1.75 bits per heavy atom. The van der Waals surface area contributed by atoms with E-state index in [1.165, 1.54) is 4.90 Å². The second kappa shape index (κ2) is 7.07. The van der Waals surface area contributed by atoms with Gasteiger partial charge in [0.1, 0.15) is 13.1 Å². The highest BCUT2D eigenvalue weighted by atomic mass is 16.5. The van der Waals surface area contributed by atoms with Gasteiger partial charge in [0.25, 0.3) is 0 Å². The van der Waals surface area contributed by atoms with Gasteiger partial charge in [-0.2, -0.15) is 15.0 Å². The van der Waals surface area contributed by atoms with Gasteiger partial charge in [-0.1, -0.05) is 6.92 Å². The third kappa shape index (κ3) is 4.92. The highest BCUT2D eigenvalue weighted by Crippen LogP contribution is 2.13. The number of hydrogen-bond donors (Lipinski definition) is 3. The number of amides is 2. The molecule has 10 nitrogen and oxygen atoms in total. The maximum atomic E-state index is 11.0. The van der Waals surface area contributed by atoms with E-state index in [0.717, 1.165) is 6.42 Å². The van der Waals surface area contributed by atoms with E-state index in [4.69, 9.17) is 21.9 Å². The van der Waals surface area contributed by atoms with E-state index in [9.17, 15) is 9.59 Å². The number of rotatable bonds is 8. The molecule has 0 aliphatic rings. The molecule has 2 amide bonds. The summed E-state index contributed by atoms with van der Waals surface area (Å²) in [6.07, 6.45) is 0.757. The minimum atomic E-state index is -0.665. The van der Waals surface area contributed by atoms with Gasteiger partial charge in [-0.25, -0.2) is 0 Å². The van der Waals surface area contributed by atoms with Crippen LogP contribution in [0.4, 0.5) is 11.9 Å².